The SMILES string of the molecule is CC(C)(C[C@@H](CCCC(=O)N1C(=O)OC[C@@H]1c1ccccc1)c1ccccc1)[Si](C)(C)O. The van der Waals surface area contributed by atoms with Gasteiger partial charge in [0, 0.05) is 6.42 Å². The van der Waals surface area contributed by atoms with Gasteiger partial charge in [-0.25, -0.2) is 9.69 Å². The molecule has 2 aromatic carbocycles. The van der Waals surface area contributed by atoms with Gasteiger partial charge in [0.2, 0.25) is 5.91 Å². The lowest BCUT2D eigenvalue weighted by Crippen LogP contribution is -2.40. The Labute approximate surface area is 192 Å². The van der Waals surface area contributed by atoms with E-state index in [9.17, 15) is 14.4 Å². The molecule has 1 fully saturated rings. The van der Waals surface area contributed by atoms with Gasteiger partial charge >= 0.3 is 6.09 Å². The Morgan fingerprint density at radius 3 is 2.31 bits per heavy atom. The molecule has 2 atom stereocenters. The molecule has 2 amide bonds. The first kappa shape index (κ1) is 24.2. The fraction of sp³-hybridized carbons (Fsp3) is 0.462. The molecule has 1 saturated heterocycles. The smallest absolute Gasteiger partial charge is 0.417 e. The van der Waals surface area contributed by atoms with E-state index in [1.807, 2.05) is 61.6 Å². The Hall–Kier alpha value is -2.44. The van der Waals surface area contributed by atoms with E-state index in [2.05, 4.69) is 26.0 Å². The van der Waals surface area contributed by atoms with Crippen LogP contribution < -0.4 is 0 Å². The van der Waals surface area contributed by atoms with Crippen LogP contribution in [-0.4, -0.2) is 36.6 Å². The van der Waals surface area contributed by atoms with Gasteiger partial charge in [0.25, 0.3) is 0 Å². The van der Waals surface area contributed by atoms with Crippen molar-refractivity contribution < 1.29 is 19.1 Å². The summed E-state index contributed by atoms with van der Waals surface area (Å²) in [6.45, 7) is 8.46. The van der Waals surface area contributed by atoms with Crippen LogP contribution in [0.15, 0.2) is 60.7 Å². The van der Waals surface area contributed by atoms with Gasteiger partial charge in [0.15, 0.2) is 8.32 Å². The van der Waals surface area contributed by atoms with Gasteiger partial charge < -0.3 is 9.53 Å². The lowest BCUT2D eigenvalue weighted by Gasteiger charge is -2.38. The molecule has 1 heterocycles. The van der Waals surface area contributed by atoms with Crippen molar-refractivity contribution in [3.63, 3.8) is 0 Å². The van der Waals surface area contributed by atoms with Gasteiger partial charge in [-0.15, -0.1) is 0 Å². The highest BCUT2D eigenvalue weighted by atomic mass is 28.4. The number of benzene rings is 2. The van der Waals surface area contributed by atoms with Gasteiger partial charge in [0.1, 0.15) is 12.6 Å². The van der Waals surface area contributed by atoms with Crippen LogP contribution in [-0.2, 0) is 9.53 Å². The number of carbonyl (C=O) groups is 2. The van der Waals surface area contributed by atoms with Crippen molar-refractivity contribution in [3.8, 4) is 0 Å². The van der Waals surface area contributed by atoms with Crippen molar-refractivity contribution in [2.24, 2.45) is 0 Å². The zero-order valence-electron chi connectivity index (χ0n) is 19.6. The minimum absolute atomic E-state index is 0.158. The molecule has 5 nitrogen and oxygen atoms in total. The lowest BCUT2D eigenvalue weighted by molar-refractivity contribution is -0.129. The Morgan fingerprint density at radius 1 is 1.12 bits per heavy atom. The molecule has 0 aliphatic carbocycles. The molecular formula is C26H35NO4Si. The van der Waals surface area contributed by atoms with Gasteiger partial charge in [-0.1, -0.05) is 74.5 Å². The number of cyclic esters (lactones) is 1. The molecular weight excluding hydrogens is 418 g/mol. The van der Waals surface area contributed by atoms with E-state index in [0.29, 0.717) is 12.8 Å². The van der Waals surface area contributed by atoms with Crippen LogP contribution >= 0.6 is 0 Å². The molecule has 2 aromatic rings. The fourth-order valence-electron chi connectivity index (χ4n) is 4.22. The highest BCUT2D eigenvalue weighted by Gasteiger charge is 2.40. The molecule has 3 rings (SSSR count). The number of nitrogens with zero attached hydrogens (tertiary/aromatic N) is 1. The van der Waals surface area contributed by atoms with E-state index in [0.717, 1.165) is 18.4 Å². The predicted octanol–water partition coefficient (Wildman–Crippen LogP) is 6.03. The number of carbonyl (C=O) groups excluding carboxylic acids is 2. The zero-order chi connectivity index (χ0) is 23.4. The molecule has 0 bridgehead atoms. The normalized spacial score (nSPS) is 17.8. The van der Waals surface area contributed by atoms with E-state index in [1.165, 1.54) is 10.5 Å². The number of imide groups is 1. The molecule has 0 radical (unpaired) electrons. The largest absolute Gasteiger partial charge is 0.446 e. The van der Waals surface area contributed by atoms with Crippen LogP contribution in [0, 0.1) is 0 Å². The van der Waals surface area contributed by atoms with Gasteiger partial charge in [-0.3, -0.25) is 4.79 Å². The zero-order valence-corrected chi connectivity index (χ0v) is 20.6. The third kappa shape index (κ3) is 5.67. The van der Waals surface area contributed by atoms with Gasteiger partial charge in [-0.2, -0.15) is 0 Å². The van der Waals surface area contributed by atoms with Crippen LogP contribution in [0.2, 0.25) is 18.1 Å². The van der Waals surface area contributed by atoms with Crippen molar-refractivity contribution in [3.05, 3.63) is 71.8 Å². The molecule has 0 saturated carbocycles. The molecule has 1 aliphatic rings. The Bertz CT molecular complexity index is 908. The van der Waals surface area contributed by atoms with Crippen LogP contribution in [0.4, 0.5) is 4.79 Å². The molecule has 0 unspecified atom stereocenters. The number of rotatable bonds is 9. The average Bonchev–Trinajstić information content (AvgIpc) is 3.15. The van der Waals surface area contributed by atoms with Crippen molar-refractivity contribution in [2.45, 2.75) is 69.6 Å². The van der Waals surface area contributed by atoms with Crippen LogP contribution in [0.25, 0.3) is 0 Å². The van der Waals surface area contributed by atoms with Crippen LogP contribution in [0.5, 0.6) is 0 Å². The van der Waals surface area contributed by atoms with E-state index in [4.69, 9.17) is 4.74 Å². The molecule has 0 aromatic heterocycles. The van der Waals surface area contributed by atoms with Crippen molar-refractivity contribution in [1.82, 2.24) is 4.90 Å². The molecule has 32 heavy (non-hydrogen) atoms. The third-order valence-corrected chi connectivity index (χ3v) is 10.5. The predicted molar refractivity (Wildman–Crippen MR) is 129 cm³/mol. The van der Waals surface area contributed by atoms with Crippen molar-refractivity contribution in [1.29, 1.82) is 0 Å². The lowest BCUT2D eigenvalue weighted by atomic mass is 9.86. The molecule has 0 spiro atoms. The van der Waals surface area contributed by atoms with E-state index >= 15 is 0 Å². The van der Waals surface area contributed by atoms with E-state index < -0.39 is 14.4 Å². The maximum absolute atomic E-state index is 13.0. The topological polar surface area (TPSA) is 66.8 Å². The summed E-state index contributed by atoms with van der Waals surface area (Å²) in [5.41, 5.74) is 2.14. The van der Waals surface area contributed by atoms with Gasteiger partial charge in [-0.05, 0) is 54.4 Å². The molecule has 1 N–H and O–H groups in total. The second kappa shape index (κ2) is 10.0. The summed E-state index contributed by atoms with van der Waals surface area (Å²) in [6.07, 6.45) is 2.09. The minimum atomic E-state index is -2.35. The summed E-state index contributed by atoms with van der Waals surface area (Å²) < 4.78 is 5.20. The molecule has 172 valence electrons. The fourth-order valence-corrected chi connectivity index (χ4v) is 4.96. The average molecular weight is 454 g/mol. The minimum Gasteiger partial charge on any atom is -0.446 e. The maximum atomic E-state index is 13.0. The number of hydrogen-bond acceptors (Lipinski definition) is 4. The number of ether oxygens (including phenoxy) is 1. The Balaban J connectivity index is 1.67. The van der Waals surface area contributed by atoms with E-state index in [1.54, 1.807) is 0 Å². The third-order valence-electron chi connectivity index (χ3n) is 6.95. The van der Waals surface area contributed by atoms with Crippen molar-refractivity contribution in [2.75, 3.05) is 6.61 Å². The first-order chi connectivity index (χ1) is 15.1. The number of amides is 2. The summed E-state index contributed by atoms with van der Waals surface area (Å²) in [6, 6.07) is 19.5. The first-order valence-electron chi connectivity index (χ1n) is 11.4. The Morgan fingerprint density at radius 2 is 1.72 bits per heavy atom. The second-order valence-corrected chi connectivity index (χ2v) is 14.4. The summed E-state index contributed by atoms with van der Waals surface area (Å²) in [7, 11) is -2.35. The molecule has 6 heteroatoms. The monoisotopic (exact) mass is 453 g/mol. The maximum Gasteiger partial charge on any atom is 0.417 e. The molecule has 1 aliphatic heterocycles. The highest BCUT2D eigenvalue weighted by molar-refractivity contribution is 6.72. The summed E-state index contributed by atoms with van der Waals surface area (Å²) in [4.78, 5) is 37.3. The highest BCUT2D eigenvalue weighted by Crippen LogP contribution is 2.45. The van der Waals surface area contributed by atoms with Crippen molar-refractivity contribution >= 4 is 20.3 Å². The summed E-state index contributed by atoms with van der Waals surface area (Å²) >= 11 is 0. The van der Waals surface area contributed by atoms with Crippen LogP contribution in [0.3, 0.4) is 0 Å². The van der Waals surface area contributed by atoms with Crippen LogP contribution in [0.1, 0.15) is 62.6 Å². The number of hydrogen-bond donors (Lipinski definition) is 1. The summed E-state index contributed by atoms with van der Waals surface area (Å²) in [5.74, 6) is 0.0534. The quantitative estimate of drug-likeness (QED) is 0.471. The Kier molecular flexibility index (Phi) is 7.57. The van der Waals surface area contributed by atoms with E-state index in [-0.39, 0.29) is 29.5 Å². The van der Waals surface area contributed by atoms with Gasteiger partial charge in [0.05, 0.1) is 0 Å². The standard InChI is InChI=1S/C26H35NO4Si/c1-26(2,32(3,4)30)18-22(20-12-7-5-8-13-20)16-11-17-24(28)27-23(19-31-25(27)29)21-14-9-6-10-15-21/h5-10,12-15,22-23,30H,11,16-19H2,1-4H3/t22-,23-/m1/s1. The summed E-state index contributed by atoms with van der Waals surface area (Å²) in [5, 5.41) is -0.158. The first-order valence-corrected chi connectivity index (χ1v) is 14.4. The second-order valence-electron chi connectivity index (χ2n) is 9.91.